The number of benzene rings is 1. The van der Waals surface area contributed by atoms with Crippen molar-refractivity contribution >= 4 is 21.6 Å². The Balaban J connectivity index is 1.65. The van der Waals surface area contributed by atoms with Crippen molar-refractivity contribution in [3.63, 3.8) is 0 Å². The van der Waals surface area contributed by atoms with Crippen molar-refractivity contribution in [2.24, 2.45) is 0 Å². The van der Waals surface area contributed by atoms with Crippen molar-refractivity contribution < 1.29 is 17.7 Å². The largest absolute Gasteiger partial charge is 0.339 e. The standard InChI is InChI=1S/C20H28N4O4S/c1-4-18-21-19(28-22-18)8-7-9-20(25)24-13-12-15-14-16(10-11-17(15)24)29(26,27)23(5-2)6-3/h10-11,14H,4-9,12-13H2,1-3H3. The molecule has 0 bridgehead atoms. The lowest BCUT2D eigenvalue weighted by Crippen LogP contribution is -2.30. The highest BCUT2D eigenvalue weighted by molar-refractivity contribution is 7.89. The van der Waals surface area contributed by atoms with Gasteiger partial charge in [0, 0.05) is 44.6 Å². The third-order valence-corrected chi connectivity index (χ3v) is 7.24. The number of hydrogen-bond acceptors (Lipinski definition) is 6. The fourth-order valence-electron chi connectivity index (χ4n) is 3.57. The topological polar surface area (TPSA) is 96.6 Å². The Bertz CT molecular complexity index is 967. The summed E-state index contributed by atoms with van der Waals surface area (Å²) in [6.45, 7) is 7.05. The maximum absolute atomic E-state index is 12.7. The second kappa shape index (κ2) is 9.04. The minimum absolute atomic E-state index is 0.0262. The minimum atomic E-state index is -3.50. The molecule has 1 aromatic heterocycles. The fraction of sp³-hybridized carbons (Fsp3) is 0.550. The molecule has 1 aliphatic rings. The Hall–Kier alpha value is -2.26. The van der Waals surface area contributed by atoms with Gasteiger partial charge in [-0.15, -0.1) is 0 Å². The van der Waals surface area contributed by atoms with E-state index in [0.717, 1.165) is 17.7 Å². The van der Waals surface area contributed by atoms with Gasteiger partial charge in [-0.3, -0.25) is 4.79 Å². The molecule has 0 fully saturated rings. The van der Waals surface area contributed by atoms with Crippen LogP contribution in [0, 0.1) is 0 Å². The van der Waals surface area contributed by atoms with Crippen LogP contribution in [0.3, 0.4) is 0 Å². The Labute approximate surface area is 171 Å². The first-order valence-electron chi connectivity index (χ1n) is 10.2. The van der Waals surface area contributed by atoms with Crippen molar-refractivity contribution in [3.8, 4) is 0 Å². The average Bonchev–Trinajstić information content (AvgIpc) is 3.34. The third-order valence-electron chi connectivity index (χ3n) is 5.20. The fourth-order valence-corrected chi connectivity index (χ4v) is 5.08. The van der Waals surface area contributed by atoms with Crippen LogP contribution >= 0.6 is 0 Å². The highest BCUT2D eigenvalue weighted by Crippen LogP contribution is 2.31. The highest BCUT2D eigenvalue weighted by Gasteiger charge is 2.28. The average molecular weight is 421 g/mol. The summed E-state index contributed by atoms with van der Waals surface area (Å²) >= 11 is 0. The molecular formula is C20H28N4O4S. The van der Waals surface area contributed by atoms with Crippen LogP contribution in [0.1, 0.15) is 50.9 Å². The maximum atomic E-state index is 12.7. The molecule has 2 aromatic rings. The van der Waals surface area contributed by atoms with E-state index in [1.807, 2.05) is 20.8 Å². The Morgan fingerprint density at radius 1 is 1.24 bits per heavy atom. The number of aryl methyl sites for hydroxylation is 2. The van der Waals surface area contributed by atoms with Gasteiger partial charge in [0.25, 0.3) is 0 Å². The van der Waals surface area contributed by atoms with Gasteiger partial charge in [-0.25, -0.2) is 8.42 Å². The normalized spacial score (nSPS) is 13.9. The summed E-state index contributed by atoms with van der Waals surface area (Å²) < 4.78 is 32.1. The Kier molecular flexibility index (Phi) is 6.69. The van der Waals surface area contributed by atoms with Gasteiger partial charge in [0.15, 0.2) is 5.82 Å². The molecule has 0 atom stereocenters. The van der Waals surface area contributed by atoms with Gasteiger partial charge >= 0.3 is 0 Å². The van der Waals surface area contributed by atoms with E-state index in [2.05, 4.69) is 10.1 Å². The molecule has 0 N–H and O–H groups in total. The van der Waals surface area contributed by atoms with E-state index in [0.29, 0.717) is 57.0 Å². The molecule has 1 aliphatic heterocycles. The first kappa shape index (κ1) is 21.4. The number of hydrogen-bond donors (Lipinski definition) is 0. The van der Waals surface area contributed by atoms with E-state index >= 15 is 0 Å². The van der Waals surface area contributed by atoms with E-state index in [9.17, 15) is 13.2 Å². The van der Waals surface area contributed by atoms with Crippen LogP contribution in [-0.4, -0.2) is 48.4 Å². The molecule has 9 heteroatoms. The second-order valence-electron chi connectivity index (χ2n) is 6.99. The van der Waals surface area contributed by atoms with Gasteiger partial charge in [-0.1, -0.05) is 25.9 Å². The van der Waals surface area contributed by atoms with E-state index in [4.69, 9.17) is 4.52 Å². The molecule has 2 heterocycles. The molecule has 0 aliphatic carbocycles. The summed E-state index contributed by atoms with van der Waals surface area (Å²) in [7, 11) is -3.50. The third kappa shape index (κ3) is 4.51. The van der Waals surface area contributed by atoms with Gasteiger partial charge in [0.05, 0.1) is 4.90 Å². The molecule has 3 rings (SSSR count). The zero-order chi connectivity index (χ0) is 21.0. The lowest BCUT2D eigenvalue weighted by molar-refractivity contribution is -0.118. The van der Waals surface area contributed by atoms with Gasteiger partial charge < -0.3 is 9.42 Å². The summed E-state index contributed by atoms with van der Waals surface area (Å²) in [6.07, 6.45) is 2.96. The van der Waals surface area contributed by atoms with Crippen molar-refractivity contribution in [2.45, 2.75) is 57.8 Å². The highest BCUT2D eigenvalue weighted by atomic mass is 32.2. The summed E-state index contributed by atoms with van der Waals surface area (Å²) in [5.41, 5.74) is 1.70. The van der Waals surface area contributed by atoms with Gasteiger partial charge in [0.1, 0.15) is 0 Å². The molecular weight excluding hydrogens is 392 g/mol. The molecule has 29 heavy (non-hydrogen) atoms. The van der Waals surface area contributed by atoms with Crippen LogP contribution in [0.25, 0.3) is 0 Å². The number of carbonyl (C=O) groups excluding carboxylic acids is 1. The van der Waals surface area contributed by atoms with Crippen LogP contribution in [0.15, 0.2) is 27.6 Å². The zero-order valence-corrected chi connectivity index (χ0v) is 18.0. The summed E-state index contributed by atoms with van der Waals surface area (Å²) in [5, 5.41) is 3.86. The number of fused-ring (bicyclic) bond motifs is 1. The van der Waals surface area contributed by atoms with Crippen molar-refractivity contribution in [3.05, 3.63) is 35.5 Å². The first-order valence-corrected chi connectivity index (χ1v) is 11.6. The van der Waals surface area contributed by atoms with E-state index in [1.54, 1.807) is 23.1 Å². The van der Waals surface area contributed by atoms with Crippen molar-refractivity contribution in [1.82, 2.24) is 14.4 Å². The number of carbonyl (C=O) groups is 1. The second-order valence-corrected chi connectivity index (χ2v) is 8.92. The lowest BCUT2D eigenvalue weighted by Gasteiger charge is -2.20. The number of anilines is 1. The van der Waals surface area contributed by atoms with Gasteiger partial charge in [-0.2, -0.15) is 9.29 Å². The number of amides is 1. The SMILES string of the molecule is CCc1noc(CCCC(=O)N2CCc3cc(S(=O)(=O)N(CC)CC)ccc32)n1. The monoisotopic (exact) mass is 420 g/mol. The van der Waals surface area contributed by atoms with Crippen LogP contribution in [-0.2, 0) is 34.1 Å². The van der Waals surface area contributed by atoms with Crippen LogP contribution in [0.2, 0.25) is 0 Å². The van der Waals surface area contributed by atoms with Crippen LogP contribution in [0.4, 0.5) is 5.69 Å². The van der Waals surface area contributed by atoms with Gasteiger partial charge in [0.2, 0.25) is 21.8 Å². The number of aromatic nitrogens is 2. The lowest BCUT2D eigenvalue weighted by atomic mass is 10.1. The molecule has 158 valence electrons. The van der Waals surface area contributed by atoms with Crippen LogP contribution in [0.5, 0.6) is 0 Å². The molecule has 0 radical (unpaired) electrons. The van der Waals surface area contributed by atoms with Crippen molar-refractivity contribution in [1.29, 1.82) is 0 Å². The molecule has 0 saturated carbocycles. The Morgan fingerprint density at radius 2 is 2.00 bits per heavy atom. The summed E-state index contributed by atoms with van der Waals surface area (Å²) in [4.78, 5) is 19.0. The molecule has 0 unspecified atom stereocenters. The van der Waals surface area contributed by atoms with E-state index in [-0.39, 0.29) is 10.8 Å². The predicted octanol–water partition coefficient (Wildman–Crippen LogP) is 2.57. The molecule has 0 saturated heterocycles. The van der Waals surface area contributed by atoms with E-state index in [1.165, 1.54) is 4.31 Å². The summed E-state index contributed by atoms with van der Waals surface area (Å²) in [6, 6.07) is 5.06. The quantitative estimate of drug-likeness (QED) is 0.619. The maximum Gasteiger partial charge on any atom is 0.243 e. The Morgan fingerprint density at radius 3 is 2.66 bits per heavy atom. The predicted molar refractivity (Wildman–Crippen MR) is 109 cm³/mol. The van der Waals surface area contributed by atoms with Gasteiger partial charge in [-0.05, 0) is 36.6 Å². The molecule has 1 amide bonds. The number of nitrogens with zero attached hydrogens (tertiary/aromatic N) is 4. The van der Waals surface area contributed by atoms with Crippen molar-refractivity contribution in [2.75, 3.05) is 24.5 Å². The number of sulfonamides is 1. The van der Waals surface area contributed by atoms with E-state index < -0.39 is 10.0 Å². The molecule has 8 nitrogen and oxygen atoms in total. The molecule has 1 aromatic carbocycles. The smallest absolute Gasteiger partial charge is 0.243 e. The first-order chi connectivity index (χ1) is 13.9. The van der Waals surface area contributed by atoms with Crippen LogP contribution < -0.4 is 4.90 Å². The summed E-state index contributed by atoms with van der Waals surface area (Å²) in [5.74, 6) is 1.26. The minimum Gasteiger partial charge on any atom is -0.339 e. The number of rotatable bonds is 9. The molecule has 0 spiro atoms. The zero-order valence-electron chi connectivity index (χ0n) is 17.2.